The quantitative estimate of drug-likeness (QED) is 0.818. The smallest absolute Gasteiger partial charge is 0.169 e. The summed E-state index contributed by atoms with van der Waals surface area (Å²) < 4.78 is 16.8. The Hall–Kier alpha value is -1.46. The van der Waals surface area contributed by atoms with Crippen LogP contribution in [0.4, 0.5) is 0 Å². The number of nitrogens with one attached hydrogen (secondary N) is 1. The minimum atomic E-state index is 0.177. The maximum atomic E-state index is 5.53. The Morgan fingerprint density at radius 3 is 2.52 bits per heavy atom. The number of methoxy groups -OCH3 is 2. The Morgan fingerprint density at radius 1 is 1.14 bits per heavy atom. The van der Waals surface area contributed by atoms with Crippen LogP contribution in [-0.2, 0) is 6.42 Å². The molecule has 0 fully saturated rings. The summed E-state index contributed by atoms with van der Waals surface area (Å²) in [6.07, 6.45) is 0.909. The van der Waals surface area contributed by atoms with Gasteiger partial charge in [-0.3, -0.25) is 0 Å². The molecule has 0 radical (unpaired) electrons. The number of rotatable bonds is 7. The summed E-state index contributed by atoms with van der Waals surface area (Å²) >= 11 is 3.31. The third-order valence-electron chi connectivity index (χ3n) is 3.33. The van der Waals surface area contributed by atoms with Gasteiger partial charge >= 0.3 is 0 Å². The zero-order chi connectivity index (χ0) is 15.2. The van der Waals surface area contributed by atoms with E-state index in [0.29, 0.717) is 0 Å². The Bertz CT molecular complexity index is 583. The second kappa shape index (κ2) is 7.52. The SMILES string of the molecule is COc1ccc(CCNC(C)c2ccc(Br)o2)cc1OC. The minimum Gasteiger partial charge on any atom is -0.493 e. The summed E-state index contributed by atoms with van der Waals surface area (Å²) in [5.74, 6) is 2.44. The second-order valence-corrected chi connectivity index (χ2v) is 5.54. The summed E-state index contributed by atoms with van der Waals surface area (Å²) in [4.78, 5) is 0. The number of furan rings is 1. The highest BCUT2D eigenvalue weighted by Gasteiger charge is 2.09. The van der Waals surface area contributed by atoms with Gasteiger partial charge in [0.05, 0.1) is 20.3 Å². The molecule has 0 bridgehead atoms. The molecular formula is C16H20BrNO3. The van der Waals surface area contributed by atoms with Crippen molar-refractivity contribution < 1.29 is 13.9 Å². The van der Waals surface area contributed by atoms with E-state index in [2.05, 4.69) is 34.2 Å². The summed E-state index contributed by atoms with van der Waals surface area (Å²) in [5.41, 5.74) is 1.20. The van der Waals surface area contributed by atoms with Crippen LogP contribution in [0.2, 0.25) is 0 Å². The predicted molar refractivity (Wildman–Crippen MR) is 86.1 cm³/mol. The number of ether oxygens (including phenoxy) is 2. The van der Waals surface area contributed by atoms with Crippen molar-refractivity contribution in [1.82, 2.24) is 5.32 Å². The molecule has 0 aliphatic heterocycles. The average Bonchev–Trinajstić information content (AvgIpc) is 2.93. The van der Waals surface area contributed by atoms with Crippen LogP contribution in [0, 0.1) is 0 Å². The number of hydrogen-bond donors (Lipinski definition) is 1. The fourth-order valence-electron chi connectivity index (χ4n) is 2.13. The van der Waals surface area contributed by atoms with E-state index < -0.39 is 0 Å². The van der Waals surface area contributed by atoms with Gasteiger partial charge < -0.3 is 19.2 Å². The van der Waals surface area contributed by atoms with Crippen LogP contribution in [0.25, 0.3) is 0 Å². The van der Waals surface area contributed by atoms with E-state index in [1.54, 1.807) is 14.2 Å². The Kier molecular flexibility index (Phi) is 5.70. The molecule has 0 aliphatic rings. The zero-order valence-electron chi connectivity index (χ0n) is 12.5. The molecule has 1 unspecified atom stereocenters. The lowest BCUT2D eigenvalue weighted by atomic mass is 10.1. The van der Waals surface area contributed by atoms with Crippen LogP contribution >= 0.6 is 15.9 Å². The topological polar surface area (TPSA) is 43.6 Å². The Balaban J connectivity index is 1.88. The first-order valence-electron chi connectivity index (χ1n) is 6.83. The van der Waals surface area contributed by atoms with Crippen molar-refractivity contribution in [2.75, 3.05) is 20.8 Å². The van der Waals surface area contributed by atoms with Crippen LogP contribution in [-0.4, -0.2) is 20.8 Å². The molecule has 0 spiro atoms. The van der Waals surface area contributed by atoms with Crippen molar-refractivity contribution in [2.45, 2.75) is 19.4 Å². The van der Waals surface area contributed by atoms with Crippen molar-refractivity contribution in [3.8, 4) is 11.5 Å². The third-order valence-corrected chi connectivity index (χ3v) is 3.76. The molecule has 0 amide bonds. The van der Waals surface area contributed by atoms with Gasteiger partial charge in [-0.05, 0) is 65.6 Å². The van der Waals surface area contributed by atoms with Crippen molar-refractivity contribution in [2.24, 2.45) is 0 Å². The van der Waals surface area contributed by atoms with Gasteiger partial charge in [0.2, 0.25) is 0 Å². The molecule has 21 heavy (non-hydrogen) atoms. The van der Waals surface area contributed by atoms with E-state index in [-0.39, 0.29) is 6.04 Å². The largest absolute Gasteiger partial charge is 0.493 e. The molecule has 2 aromatic rings. The van der Waals surface area contributed by atoms with Gasteiger partial charge in [-0.2, -0.15) is 0 Å². The molecule has 1 heterocycles. The summed E-state index contributed by atoms with van der Waals surface area (Å²) in [6.45, 7) is 2.94. The van der Waals surface area contributed by atoms with Crippen molar-refractivity contribution >= 4 is 15.9 Å². The van der Waals surface area contributed by atoms with E-state index in [0.717, 1.165) is 34.9 Å². The molecular weight excluding hydrogens is 334 g/mol. The van der Waals surface area contributed by atoms with E-state index in [1.165, 1.54) is 5.56 Å². The van der Waals surface area contributed by atoms with Gasteiger partial charge in [-0.1, -0.05) is 6.07 Å². The van der Waals surface area contributed by atoms with E-state index in [9.17, 15) is 0 Å². The average molecular weight is 354 g/mol. The van der Waals surface area contributed by atoms with Gasteiger partial charge in [0.15, 0.2) is 16.2 Å². The Labute approximate surface area is 133 Å². The number of halogens is 1. The van der Waals surface area contributed by atoms with Gasteiger partial charge in [-0.25, -0.2) is 0 Å². The first kappa shape index (κ1) is 15.9. The lowest BCUT2D eigenvalue weighted by Crippen LogP contribution is -2.20. The first-order chi connectivity index (χ1) is 10.1. The van der Waals surface area contributed by atoms with Crippen LogP contribution in [0.15, 0.2) is 39.4 Å². The molecule has 2 rings (SSSR count). The van der Waals surface area contributed by atoms with Gasteiger partial charge in [0, 0.05) is 0 Å². The molecule has 0 saturated heterocycles. The van der Waals surface area contributed by atoms with E-state index in [1.807, 2.05) is 24.3 Å². The Morgan fingerprint density at radius 2 is 1.90 bits per heavy atom. The fourth-order valence-corrected chi connectivity index (χ4v) is 2.45. The molecule has 114 valence electrons. The molecule has 5 heteroatoms. The minimum absolute atomic E-state index is 0.177. The first-order valence-corrected chi connectivity index (χ1v) is 7.63. The highest BCUT2D eigenvalue weighted by atomic mass is 79.9. The maximum Gasteiger partial charge on any atom is 0.169 e. The van der Waals surface area contributed by atoms with Crippen LogP contribution < -0.4 is 14.8 Å². The lowest BCUT2D eigenvalue weighted by molar-refractivity contribution is 0.354. The van der Waals surface area contributed by atoms with Crippen LogP contribution in [0.5, 0.6) is 11.5 Å². The monoisotopic (exact) mass is 353 g/mol. The van der Waals surface area contributed by atoms with Crippen molar-refractivity contribution in [1.29, 1.82) is 0 Å². The molecule has 1 atom stereocenters. The maximum absolute atomic E-state index is 5.53. The lowest BCUT2D eigenvalue weighted by Gasteiger charge is -2.12. The van der Waals surface area contributed by atoms with Crippen LogP contribution in [0.3, 0.4) is 0 Å². The molecule has 0 saturated carbocycles. The normalized spacial score (nSPS) is 12.2. The second-order valence-electron chi connectivity index (χ2n) is 4.76. The van der Waals surface area contributed by atoms with E-state index in [4.69, 9.17) is 13.9 Å². The third kappa shape index (κ3) is 4.25. The van der Waals surface area contributed by atoms with E-state index >= 15 is 0 Å². The van der Waals surface area contributed by atoms with Gasteiger partial charge in [-0.15, -0.1) is 0 Å². The summed E-state index contributed by atoms with van der Waals surface area (Å²) in [7, 11) is 3.29. The van der Waals surface area contributed by atoms with Gasteiger partial charge in [0.25, 0.3) is 0 Å². The molecule has 1 N–H and O–H groups in total. The summed E-state index contributed by atoms with van der Waals surface area (Å²) in [6, 6.07) is 10.0. The highest BCUT2D eigenvalue weighted by Crippen LogP contribution is 2.27. The predicted octanol–water partition coefficient (Wildman–Crippen LogP) is 3.95. The fraction of sp³-hybridized carbons (Fsp3) is 0.375. The standard InChI is InChI=1S/C16H20BrNO3/c1-11(13-6-7-16(17)21-13)18-9-8-12-4-5-14(19-2)15(10-12)20-3/h4-7,10-11,18H,8-9H2,1-3H3. The molecule has 0 aliphatic carbocycles. The number of benzene rings is 1. The summed E-state index contributed by atoms with van der Waals surface area (Å²) in [5, 5.41) is 3.44. The van der Waals surface area contributed by atoms with Crippen LogP contribution in [0.1, 0.15) is 24.3 Å². The number of hydrogen-bond acceptors (Lipinski definition) is 4. The van der Waals surface area contributed by atoms with Crippen molar-refractivity contribution in [3.05, 3.63) is 46.3 Å². The van der Waals surface area contributed by atoms with Crippen molar-refractivity contribution in [3.63, 3.8) is 0 Å². The molecule has 1 aromatic heterocycles. The zero-order valence-corrected chi connectivity index (χ0v) is 14.1. The molecule has 4 nitrogen and oxygen atoms in total. The van der Waals surface area contributed by atoms with Gasteiger partial charge in [0.1, 0.15) is 5.76 Å². The molecule has 1 aromatic carbocycles. The highest BCUT2D eigenvalue weighted by molar-refractivity contribution is 9.10.